The van der Waals surface area contributed by atoms with Crippen LogP contribution in [0, 0.1) is 0 Å². The molecule has 0 radical (unpaired) electrons. The van der Waals surface area contributed by atoms with Crippen LogP contribution >= 0.6 is 15.9 Å². The van der Waals surface area contributed by atoms with Gasteiger partial charge in [0.2, 0.25) is 0 Å². The second-order valence-corrected chi connectivity index (χ2v) is 4.33. The van der Waals surface area contributed by atoms with Gasteiger partial charge >= 0.3 is 5.97 Å². The first-order valence-corrected chi connectivity index (χ1v) is 5.67. The number of aromatic carboxylic acids is 1. The van der Waals surface area contributed by atoms with Gasteiger partial charge in [-0.15, -0.1) is 0 Å². The number of aromatic amines is 1. The Morgan fingerprint density at radius 1 is 1.35 bits per heavy atom. The molecule has 0 saturated heterocycles. The molecule has 0 aliphatic heterocycles. The molecule has 1 heterocycles. The van der Waals surface area contributed by atoms with Crippen LogP contribution in [0.5, 0.6) is 5.75 Å². The molecule has 0 spiro atoms. The molecule has 0 unspecified atom stereocenters. The molecular weight excluding hydrogens is 286 g/mol. The summed E-state index contributed by atoms with van der Waals surface area (Å²) in [6, 6.07) is 7.18. The van der Waals surface area contributed by atoms with Gasteiger partial charge in [-0.2, -0.15) is 0 Å². The number of methoxy groups -OCH3 is 1. The molecule has 88 valence electrons. The molecule has 17 heavy (non-hydrogen) atoms. The molecule has 2 rings (SSSR count). The number of carbonyl (C=O) groups is 1. The third kappa shape index (κ3) is 2.19. The van der Waals surface area contributed by atoms with Gasteiger partial charge in [-0.3, -0.25) is 0 Å². The summed E-state index contributed by atoms with van der Waals surface area (Å²) in [5.74, 6) is -0.359. The smallest absolute Gasteiger partial charge is 0.352 e. The van der Waals surface area contributed by atoms with E-state index in [1.54, 1.807) is 25.4 Å². The molecule has 0 bridgehead atoms. The molecule has 1 aromatic carbocycles. The lowest BCUT2D eigenvalue weighted by molar-refractivity contribution is 0.0692. The zero-order valence-electron chi connectivity index (χ0n) is 9.03. The SMILES string of the molecule is COc1ccc(Br)cc1-c1cc[nH]c1C(=O)O. The predicted octanol–water partition coefficient (Wildman–Crippen LogP) is 3.15. The zero-order valence-corrected chi connectivity index (χ0v) is 10.6. The third-order valence-electron chi connectivity index (χ3n) is 2.41. The highest BCUT2D eigenvalue weighted by molar-refractivity contribution is 9.10. The minimum atomic E-state index is -0.993. The summed E-state index contributed by atoms with van der Waals surface area (Å²) < 4.78 is 6.10. The fourth-order valence-corrected chi connectivity index (χ4v) is 2.02. The maximum absolute atomic E-state index is 11.1. The fourth-order valence-electron chi connectivity index (χ4n) is 1.66. The number of rotatable bonds is 3. The minimum absolute atomic E-state index is 0.154. The molecule has 4 nitrogen and oxygen atoms in total. The lowest BCUT2D eigenvalue weighted by Gasteiger charge is -2.08. The Morgan fingerprint density at radius 2 is 2.12 bits per heavy atom. The molecule has 0 aliphatic carbocycles. The Bertz CT molecular complexity index is 563. The fraction of sp³-hybridized carbons (Fsp3) is 0.0833. The van der Waals surface area contributed by atoms with Crippen molar-refractivity contribution in [2.24, 2.45) is 0 Å². The summed E-state index contributed by atoms with van der Waals surface area (Å²) in [6.45, 7) is 0. The Labute approximate surface area is 106 Å². The highest BCUT2D eigenvalue weighted by atomic mass is 79.9. The van der Waals surface area contributed by atoms with E-state index in [-0.39, 0.29) is 5.69 Å². The van der Waals surface area contributed by atoms with Gasteiger partial charge in [0.05, 0.1) is 7.11 Å². The maximum Gasteiger partial charge on any atom is 0.352 e. The molecular formula is C12H10BrNO3. The van der Waals surface area contributed by atoms with Crippen molar-refractivity contribution in [1.29, 1.82) is 0 Å². The zero-order chi connectivity index (χ0) is 12.4. The van der Waals surface area contributed by atoms with E-state index in [9.17, 15) is 4.79 Å². The Kier molecular flexibility index (Phi) is 3.19. The first kappa shape index (κ1) is 11.7. The highest BCUT2D eigenvalue weighted by Gasteiger charge is 2.16. The minimum Gasteiger partial charge on any atom is -0.496 e. The van der Waals surface area contributed by atoms with Gasteiger partial charge in [-0.1, -0.05) is 15.9 Å². The van der Waals surface area contributed by atoms with Crippen molar-refractivity contribution in [2.75, 3.05) is 7.11 Å². The summed E-state index contributed by atoms with van der Waals surface area (Å²) in [5, 5.41) is 9.06. The van der Waals surface area contributed by atoms with E-state index in [0.717, 1.165) is 10.0 Å². The van der Waals surface area contributed by atoms with E-state index < -0.39 is 5.97 Å². The summed E-state index contributed by atoms with van der Waals surface area (Å²) in [5.41, 5.74) is 1.50. The second-order valence-electron chi connectivity index (χ2n) is 3.42. The van der Waals surface area contributed by atoms with Crippen molar-refractivity contribution in [3.8, 4) is 16.9 Å². The number of H-pyrrole nitrogens is 1. The van der Waals surface area contributed by atoms with Gasteiger partial charge in [0.15, 0.2) is 0 Å². The first-order valence-electron chi connectivity index (χ1n) is 4.88. The standard InChI is InChI=1S/C12H10BrNO3/c1-17-10-3-2-7(13)6-9(10)8-4-5-14-11(8)12(15)16/h2-6,14H,1H3,(H,15,16). The topological polar surface area (TPSA) is 62.3 Å². The van der Waals surface area contributed by atoms with Crippen LogP contribution in [0.15, 0.2) is 34.9 Å². The number of halogens is 1. The van der Waals surface area contributed by atoms with Crippen LogP contribution in [0.4, 0.5) is 0 Å². The van der Waals surface area contributed by atoms with Crippen LogP contribution in [0.25, 0.3) is 11.1 Å². The van der Waals surface area contributed by atoms with E-state index in [1.807, 2.05) is 12.1 Å². The molecule has 0 aliphatic rings. The lowest BCUT2D eigenvalue weighted by Crippen LogP contribution is -1.99. The van der Waals surface area contributed by atoms with Crippen LogP contribution in [0.2, 0.25) is 0 Å². The Balaban J connectivity index is 2.63. The summed E-state index contributed by atoms with van der Waals surface area (Å²) in [4.78, 5) is 13.8. The normalized spacial score (nSPS) is 10.2. The quantitative estimate of drug-likeness (QED) is 0.914. The van der Waals surface area contributed by atoms with Gasteiger partial charge in [-0.25, -0.2) is 4.79 Å². The van der Waals surface area contributed by atoms with Crippen LogP contribution in [-0.4, -0.2) is 23.2 Å². The van der Waals surface area contributed by atoms with Crippen molar-refractivity contribution >= 4 is 21.9 Å². The number of ether oxygens (including phenoxy) is 1. The number of benzene rings is 1. The van der Waals surface area contributed by atoms with Crippen molar-refractivity contribution in [3.63, 3.8) is 0 Å². The van der Waals surface area contributed by atoms with Crippen molar-refractivity contribution in [2.45, 2.75) is 0 Å². The van der Waals surface area contributed by atoms with Crippen LogP contribution in [-0.2, 0) is 0 Å². The number of carboxylic acids is 1. The van der Waals surface area contributed by atoms with Crippen LogP contribution in [0.3, 0.4) is 0 Å². The lowest BCUT2D eigenvalue weighted by atomic mass is 10.1. The first-order chi connectivity index (χ1) is 8.13. The van der Waals surface area contributed by atoms with Gasteiger partial charge in [0, 0.05) is 21.8 Å². The monoisotopic (exact) mass is 295 g/mol. The summed E-state index contributed by atoms with van der Waals surface area (Å²) in [7, 11) is 1.56. The van der Waals surface area contributed by atoms with Gasteiger partial charge in [-0.05, 0) is 24.3 Å². The second kappa shape index (κ2) is 4.63. The molecule has 1 aromatic heterocycles. The van der Waals surface area contributed by atoms with E-state index in [1.165, 1.54) is 0 Å². The molecule has 2 aromatic rings. The molecule has 0 fully saturated rings. The van der Waals surface area contributed by atoms with Crippen molar-refractivity contribution in [3.05, 3.63) is 40.6 Å². The Morgan fingerprint density at radius 3 is 2.76 bits per heavy atom. The van der Waals surface area contributed by atoms with Gasteiger partial charge in [0.25, 0.3) is 0 Å². The van der Waals surface area contributed by atoms with Crippen LogP contribution < -0.4 is 4.74 Å². The van der Waals surface area contributed by atoms with Crippen molar-refractivity contribution < 1.29 is 14.6 Å². The molecule has 5 heteroatoms. The van der Waals surface area contributed by atoms with E-state index in [0.29, 0.717) is 11.3 Å². The highest BCUT2D eigenvalue weighted by Crippen LogP contribution is 2.34. The number of hydrogen-bond acceptors (Lipinski definition) is 2. The van der Waals surface area contributed by atoms with Crippen LogP contribution in [0.1, 0.15) is 10.5 Å². The van der Waals surface area contributed by atoms with E-state index in [4.69, 9.17) is 9.84 Å². The third-order valence-corrected chi connectivity index (χ3v) is 2.91. The summed E-state index contributed by atoms with van der Waals surface area (Å²) >= 11 is 3.36. The molecule has 0 saturated carbocycles. The number of carboxylic acid groups (broad SMARTS) is 1. The maximum atomic E-state index is 11.1. The molecule has 0 atom stereocenters. The average molecular weight is 296 g/mol. The largest absolute Gasteiger partial charge is 0.496 e. The number of aromatic nitrogens is 1. The van der Waals surface area contributed by atoms with E-state index >= 15 is 0 Å². The van der Waals surface area contributed by atoms with E-state index in [2.05, 4.69) is 20.9 Å². The molecule has 0 amide bonds. The predicted molar refractivity (Wildman–Crippen MR) is 67.4 cm³/mol. The average Bonchev–Trinajstić information content (AvgIpc) is 2.77. The summed E-state index contributed by atoms with van der Waals surface area (Å²) in [6.07, 6.45) is 1.60. The van der Waals surface area contributed by atoms with Gasteiger partial charge in [0.1, 0.15) is 11.4 Å². The van der Waals surface area contributed by atoms with Gasteiger partial charge < -0.3 is 14.8 Å². The van der Waals surface area contributed by atoms with Crippen molar-refractivity contribution in [1.82, 2.24) is 4.98 Å². The molecule has 2 N–H and O–H groups in total. The Hall–Kier alpha value is -1.75. The number of nitrogens with one attached hydrogen (secondary N) is 1. The number of hydrogen-bond donors (Lipinski definition) is 2.